The molecule has 5 aromatic heterocycles. The SMILES string of the molecule is CCN1CCCC1CN.CCN1CCCC1CNc1nc(Nc2ccc(OC)c(F)c2)nc(OCC2CCCCC2)n1.COc1ccc(N)cc1F.COc1ccc(Nc2nc(Cl)nc(OCC3CCCCC3)n2)cc1F.COc1ccc(Nc2nc(Nc3ccc(OC)c(F)c3)nc(OCC3CCCCC3)n2)cc1F.Clc1nc(Cl)nc(Cl)n1.Clc1nc(Cl)nc(OCC2CCCCC2)n1.OCC1CCCCC1. The lowest BCUT2D eigenvalue weighted by molar-refractivity contribution is 0.190. The molecule has 7 fully saturated rings. The third-order valence-electron chi connectivity index (χ3n) is 25.0. The Kier molecular flexibility index (Phi) is 50.5. The fourth-order valence-corrected chi connectivity index (χ4v) is 18.4. The second-order valence-corrected chi connectivity index (χ2v) is 37.3. The second kappa shape index (κ2) is 63.0. The van der Waals surface area contributed by atoms with E-state index in [0.717, 1.165) is 58.3 Å². The molecule has 5 aliphatic carbocycles. The average molecular weight is 2130 g/mol. The number of aliphatic hydroxyl groups is 1. The molecule has 2 atom stereocenters. The molecule has 0 bridgehead atoms. The van der Waals surface area contributed by atoms with Crippen molar-refractivity contribution < 1.29 is 69.7 Å². The molecule has 144 heavy (non-hydrogen) atoms. The molecular weight excluding hydrogens is 1990 g/mol. The molecule has 2 unspecified atom stereocenters. The lowest BCUT2D eigenvalue weighted by Crippen LogP contribution is -2.35. The van der Waals surface area contributed by atoms with E-state index in [2.05, 4.69) is 130 Å². The van der Waals surface area contributed by atoms with Crippen molar-refractivity contribution in [1.82, 2.24) is 84.6 Å². The molecule has 5 saturated carbocycles. The van der Waals surface area contributed by atoms with E-state index in [1.54, 1.807) is 36.4 Å². The number of nitrogens with two attached hydrogens (primary N) is 2. The number of hydrogen-bond donors (Lipinski definition) is 8. The number of aliphatic hydroxyl groups excluding tert-OH is 1. The zero-order chi connectivity index (χ0) is 103. The van der Waals surface area contributed by atoms with Crippen molar-refractivity contribution in [1.29, 1.82) is 0 Å². The van der Waals surface area contributed by atoms with Gasteiger partial charge in [-0.25, -0.2) is 22.0 Å². The minimum Gasteiger partial charge on any atom is -0.494 e. The Balaban J connectivity index is 0.000000179. The summed E-state index contributed by atoms with van der Waals surface area (Å²) in [7, 11) is 7.05. The van der Waals surface area contributed by atoms with E-state index in [-0.39, 0.29) is 102 Å². The molecule has 7 heterocycles. The first-order chi connectivity index (χ1) is 69.8. The van der Waals surface area contributed by atoms with Crippen LogP contribution in [0.5, 0.6) is 52.8 Å². The number of likely N-dealkylation sites (tertiary alicyclic amines) is 2. The fourth-order valence-electron chi connectivity index (χ4n) is 17.3. The van der Waals surface area contributed by atoms with Crippen LogP contribution in [0.1, 0.15) is 200 Å². The first kappa shape index (κ1) is 115. The Labute approximate surface area is 868 Å². The number of likely N-dealkylation sites (N-methyl/N-ethyl adjacent to an activating group) is 2. The number of ether oxygens (including phenoxy) is 9. The molecule has 17 rings (SSSR count). The Morgan fingerprint density at radius 1 is 0.319 bits per heavy atom. The van der Waals surface area contributed by atoms with Crippen molar-refractivity contribution in [3.8, 4) is 52.8 Å². The zero-order valence-electron chi connectivity index (χ0n) is 82.5. The number of rotatable bonds is 32. The van der Waals surface area contributed by atoms with E-state index in [1.165, 1.54) is 257 Å². The van der Waals surface area contributed by atoms with Gasteiger partial charge in [-0.15, -0.1) is 0 Å². The molecule has 10 N–H and O–H groups in total. The summed E-state index contributed by atoms with van der Waals surface area (Å²) < 4.78 is 116. The van der Waals surface area contributed by atoms with Gasteiger partial charge in [0.2, 0.25) is 61.4 Å². The molecule has 0 spiro atoms. The van der Waals surface area contributed by atoms with Crippen LogP contribution in [0.4, 0.5) is 80.1 Å². The van der Waals surface area contributed by atoms with Gasteiger partial charge >= 0.3 is 24.0 Å². The van der Waals surface area contributed by atoms with E-state index in [0.29, 0.717) is 115 Å². The maximum Gasteiger partial charge on any atom is 0.323 e. The maximum atomic E-state index is 14.1. The van der Waals surface area contributed by atoms with Crippen molar-refractivity contribution in [2.45, 2.75) is 212 Å². The number of benzene rings is 5. The van der Waals surface area contributed by atoms with Crippen LogP contribution in [0.3, 0.4) is 0 Å². The van der Waals surface area contributed by atoms with Gasteiger partial charge in [0.15, 0.2) is 57.8 Å². The molecule has 34 nitrogen and oxygen atoms in total. The fraction of sp³-hybridized carbons (Fsp3) is 0.545. The predicted molar refractivity (Wildman–Crippen MR) is 552 cm³/mol. The molecule has 45 heteroatoms. The lowest BCUT2D eigenvalue weighted by atomic mass is 9.90. The van der Waals surface area contributed by atoms with Crippen LogP contribution >= 0.6 is 69.6 Å². The largest absolute Gasteiger partial charge is 0.494 e. The Bertz CT molecular complexity index is 5330. The second-order valence-electron chi connectivity index (χ2n) is 35.2. The van der Waals surface area contributed by atoms with Crippen molar-refractivity contribution in [2.75, 3.05) is 140 Å². The molecule has 0 radical (unpaired) electrons. The van der Waals surface area contributed by atoms with Crippen LogP contribution < -0.4 is 80.7 Å². The first-order valence-electron chi connectivity index (χ1n) is 49.1. The summed E-state index contributed by atoms with van der Waals surface area (Å²) in [5.74, 6) is 2.42. The summed E-state index contributed by atoms with van der Waals surface area (Å²) in [6.07, 6.45) is 36.1. The summed E-state index contributed by atoms with van der Waals surface area (Å²) in [6, 6.07) is 24.2. The van der Waals surface area contributed by atoms with Gasteiger partial charge in [0, 0.05) is 90.5 Å². The van der Waals surface area contributed by atoms with Crippen molar-refractivity contribution >= 4 is 128 Å². The van der Waals surface area contributed by atoms with E-state index in [1.807, 2.05) is 0 Å². The van der Waals surface area contributed by atoms with Gasteiger partial charge in [0.05, 0.1) is 62.0 Å². The number of hydrogen-bond acceptors (Lipinski definition) is 34. The van der Waals surface area contributed by atoms with Crippen LogP contribution in [-0.4, -0.2) is 210 Å². The predicted octanol–water partition coefficient (Wildman–Crippen LogP) is 23.0. The van der Waals surface area contributed by atoms with E-state index >= 15 is 0 Å². The third kappa shape index (κ3) is 41.0. The number of nitrogen functional groups attached to an aromatic ring is 1. The summed E-state index contributed by atoms with van der Waals surface area (Å²) in [4.78, 5) is 65.3. The summed E-state index contributed by atoms with van der Waals surface area (Å²) in [5.41, 5.74) is 13.1. The number of nitrogens with zero attached hydrogens (tertiary/aromatic N) is 17. The van der Waals surface area contributed by atoms with Gasteiger partial charge in [0.25, 0.3) is 0 Å². The van der Waals surface area contributed by atoms with Crippen LogP contribution in [0.2, 0.25) is 31.7 Å². The molecule has 0 amide bonds. The van der Waals surface area contributed by atoms with Crippen LogP contribution in [-0.2, 0) is 0 Å². The number of anilines is 10. The molecule has 2 saturated heterocycles. The number of nitrogens with one attached hydrogen (secondary N) is 5. The Morgan fingerprint density at radius 2 is 0.583 bits per heavy atom. The normalized spacial score (nSPS) is 16.7. The number of halogens is 11. The maximum absolute atomic E-state index is 14.1. The van der Waals surface area contributed by atoms with Gasteiger partial charge in [-0.2, -0.15) is 74.8 Å². The number of methoxy groups -OCH3 is 5. The highest BCUT2D eigenvalue weighted by Gasteiger charge is 2.27. The Hall–Kier alpha value is -10.6. The minimum absolute atomic E-state index is 0.000000000000000444. The van der Waals surface area contributed by atoms with Gasteiger partial charge in [-0.05, 0) is 276 Å². The van der Waals surface area contributed by atoms with Gasteiger partial charge < -0.3 is 85.8 Å². The molecule has 7 aliphatic rings. The minimum atomic E-state index is -0.526. The molecular formula is C99H133Cl6F5N24O10. The molecule has 786 valence electrons. The van der Waals surface area contributed by atoms with Gasteiger partial charge in [-0.3, -0.25) is 9.80 Å². The highest BCUT2D eigenvalue weighted by atomic mass is 35.5. The van der Waals surface area contributed by atoms with Crippen molar-refractivity contribution in [3.63, 3.8) is 0 Å². The van der Waals surface area contributed by atoms with Crippen LogP contribution in [0.25, 0.3) is 0 Å². The van der Waals surface area contributed by atoms with Crippen molar-refractivity contribution in [3.05, 3.63) is 152 Å². The molecule has 5 aromatic carbocycles. The first-order valence-corrected chi connectivity index (χ1v) is 51.3. The van der Waals surface area contributed by atoms with Gasteiger partial charge in [-0.1, -0.05) is 110 Å². The van der Waals surface area contributed by atoms with E-state index in [9.17, 15) is 22.0 Å². The highest BCUT2D eigenvalue weighted by Crippen LogP contribution is 2.35. The zero-order valence-corrected chi connectivity index (χ0v) is 87.1. The smallest absolute Gasteiger partial charge is 0.323 e. The van der Waals surface area contributed by atoms with Crippen LogP contribution in [0, 0.1) is 58.7 Å². The monoisotopic (exact) mass is 2120 g/mol. The summed E-state index contributed by atoms with van der Waals surface area (Å²) in [6.45, 7) is 13.3. The van der Waals surface area contributed by atoms with Gasteiger partial charge in [0.1, 0.15) is 0 Å². The standard InChI is InChI=1S/C24H27F2N5O3.C24H35FN6O2.C17H20ClFN4O2.C10H13Cl2N3O.C7H8FNO.C7H16N2.C7H14O.C3Cl3N3/c1-32-20-10-8-16(12-18(20)25)27-22-29-23(28-17-9-11-21(33-2)19(26)13-17)31-24(30-22)34-14-15-6-4-3-5-7-15;1-3-31-13-7-10-19(31)15-26-22-28-23(27-18-11-12-21(32-2)20(25)14-18)30-24(29-22)33-16-17-8-5-4-6-9-17;1-24-14-8-7-12(9-13(14)19)20-16-21-15(18)22-17(23-16)25-10-11-5-3-2-4-6-11;11-8-13-9(12)15-10(14-8)16-6-7-4-2-1-3-5-7;1-10-7-3-2-5(9)4-6(7)8;1-2-9-5-3-4-7(9)6-8;8-6-7-4-2-1-3-5-7;4-1-7-2(5)9-3(6)8-1/h8-13,15H,3-7,14H2,1-2H3,(H2,27,28,29,30,31);11-12,14,17,19H,3-10,13,15-16H2,1-2H3,(H2,26,27,28,29,30);7-9,11H,2-6,10H2,1H3,(H,20,21,22,23);7H,1-6H2;2-4H,9H2,1H3;7H,2-6,8H2,1H3;7-8H,1-6H2;. The van der Waals surface area contributed by atoms with E-state index < -0.39 is 29.1 Å². The molecule has 10 aromatic rings. The third-order valence-corrected chi connectivity index (χ3v) is 26.0. The number of aromatic nitrogens is 15. The van der Waals surface area contributed by atoms with Crippen molar-refractivity contribution in [2.24, 2.45) is 35.3 Å². The highest BCUT2D eigenvalue weighted by molar-refractivity contribution is 6.33. The topological polar surface area (TPSA) is 415 Å². The Morgan fingerprint density at radius 3 is 0.875 bits per heavy atom. The summed E-state index contributed by atoms with van der Waals surface area (Å²) in [5, 5.41) is 24.1. The van der Waals surface area contributed by atoms with Crippen LogP contribution in [0.15, 0.2) is 91.0 Å². The molecule has 2 aliphatic heterocycles. The quantitative estimate of drug-likeness (QED) is 0.0143. The summed E-state index contributed by atoms with van der Waals surface area (Å²) >= 11 is 33.2. The average Bonchev–Trinajstić information content (AvgIpc) is 0.966. The lowest BCUT2D eigenvalue weighted by Gasteiger charge is -2.23. The van der Waals surface area contributed by atoms with E-state index in [4.69, 9.17) is 124 Å².